The summed E-state index contributed by atoms with van der Waals surface area (Å²) in [6.07, 6.45) is 4.42. The fraction of sp³-hybridized carbons (Fsp3) is 0.667. The van der Waals surface area contributed by atoms with Crippen molar-refractivity contribution < 1.29 is 12.8 Å². The van der Waals surface area contributed by atoms with Crippen molar-refractivity contribution in [2.75, 3.05) is 5.75 Å². The van der Waals surface area contributed by atoms with E-state index < -0.39 is 9.84 Å². The summed E-state index contributed by atoms with van der Waals surface area (Å²) in [5.74, 6) is 1.79. The second-order valence-electron chi connectivity index (χ2n) is 4.78. The van der Waals surface area contributed by atoms with Crippen LogP contribution >= 0.6 is 0 Å². The summed E-state index contributed by atoms with van der Waals surface area (Å²) in [4.78, 5) is 0. The number of hydrogen-bond acceptors (Lipinski definition) is 4. The Morgan fingerprint density at radius 3 is 2.47 bits per heavy atom. The first-order valence-corrected chi connectivity index (χ1v) is 7.89. The lowest BCUT2D eigenvalue weighted by Gasteiger charge is -2.08. The average Bonchev–Trinajstić information content (AvgIpc) is 2.88. The zero-order valence-electron chi connectivity index (χ0n) is 9.89. The summed E-state index contributed by atoms with van der Waals surface area (Å²) in [5, 5.41) is 0. The Labute approximate surface area is 102 Å². The van der Waals surface area contributed by atoms with Crippen molar-refractivity contribution in [2.45, 2.75) is 38.0 Å². The van der Waals surface area contributed by atoms with Crippen molar-refractivity contribution in [1.82, 2.24) is 0 Å². The van der Waals surface area contributed by atoms with Gasteiger partial charge in [0.05, 0.1) is 12.3 Å². The van der Waals surface area contributed by atoms with Gasteiger partial charge in [-0.3, -0.25) is 0 Å². The van der Waals surface area contributed by atoms with Crippen LogP contribution in [0.15, 0.2) is 16.5 Å². The molecule has 5 heteroatoms. The summed E-state index contributed by atoms with van der Waals surface area (Å²) in [6, 6.07) is 3.44. The van der Waals surface area contributed by atoms with E-state index in [1.807, 2.05) is 0 Å². The zero-order chi connectivity index (χ0) is 12.3. The van der Waals surface area contributed by atoms with Crippen LogP contribution in [0.3, 0.4) is 0 Å². The van der Waals surface area contributed by atoms with E-state index in [0.717, 1.165) is 25.7 Å². The highest BCUT2D eigenvalue weighted by molar-refractivity contribution is 7.90. The zero-order valence-corrected chi connectivity index (χ0v) is 10.7. The van der Waals surface area contributed by atoms with E-state index in [9.17, 15) is 8.42 Å². The second-order valence-corrected chi connectivity index (χ2v) is 6.89. The van der Waals surface area contributed by atoms with Crippen molar-refractivity contribution in [3.63, 3.8) is 0 Å². The summed E-state index contributed by atoms with van der Waals surface area (Å²) in [6.45, 7) is 0.308. The van der Waals surface area contributed by atoms with Gasteiger partial charge in [-0.25, -0.2) is 8.42 Å². The third-order valence-corrected chi connectivity index (χ3v) is 4.95. The fourth-order valence-corrected chi connectivity index (χ4v) is 4.18. The molecule has 96 valence electrons. The molecule has 1 aliphatic carbocycles. The lowest BCUT2D eigenvalue weighted by atomic mass is 10.1. The molecule has 17 heavy (non-hydrogen) atoms. The highest BCUT2D eigenvalue weighted by atomic mass is 32.2. The molecule has 1 saturated carbocycles. The molecule has 0 amide bonds. The van der Waals surface area contributed by atoms with Crippen molar-refractivity contribution in [3.05, 3.63) is 23.7 Å². The highest BCUT2D eigenvalue weighted by Gasteiger charge is 2.23. The molecule has 1 aromatic rings. The largest absolute Gasteiger partial charge is 0.464 e. The minimum Gasteiger partial charge on any atom is -0.464 e. The molecular formula is C12H19NO3S. The summed E-state index contributed by atoms with van der Waals surface area (Å²) < 4.78 is 29.3. The second kappa shape index (κ2) is 5.23. The summed E-state index contributed by atoms with van der Waals surface area (Å²) in [7, 11) is -3.05. The van der Waals surface area contributed by atoms with Gasteiger partial charge in [0.1, 0.15) is 17.3 Å². The van der Waals surface area contributed by atoms with E-state index in [1.165, 1.54) is 0 Å². The summed E-state index contributed by atoms with van der Waals surface area (Å²) in [5.41, 5.74) is 5.42. The first-order valence-electron chi connectivity index (χ1n) is 6.07. The van der Waals surface area contributed by atoms with E-state index in [4.69, 9.17) is 10.2 Å². The van der Waals surface area contributed by atoms with Gasteiger partial charge in [0, 0.05) is 0 Å². The van der Waals surface area contributed by atoms with Gasteiger partial charge >= 0.3 is 0 Å². The third kappa shape index (κ3) is 3.57. The molecule has 2 N–H and O–H groups in total. The van der Waals surface area contributed by atoms with Gasteiger partial charge in [-0.2, -0.15) is 0 Å². The van der Waals surface area contributed by atoms with Crippen molar-refractivity contribution in [2.24, 2.45) is 11.7 Å². The molecule has 0 radical (unpaired) electrons. The number of sulfone groups is 1. The Hall–Kier alpha value is -0.810. The Bertz CT molecular complexity index is 458. The molecule has 0 atom stereocenters. The summed E-state index contributed by atoms with van der Waals surface area (Å²) >= 11 is 0. The molecule has 1 aromatic heterocycles. The van der Waals surface area contributed by atoms with E-state index in [0.29, 0.717) is 29.7 Å². The number of rotatable bonds is 5. The molecule has 0 bridgehead atoms. The predicted octanol–water partition coefficient (Wildman–Crippen LogP) is 1.84. The molecule has 4 nitrogen and oxygen atoms in total. The molecule has 0 unspecified atom stereocenters. The van der Waals surface area contributed by atoms with Gasteiger partial charge < -0.3 is 10.2 Å². The monoisotopic (exact) mass is 257 g/mol. The maximum Gasteiger partial charge on any atom is 0.157 e. The maximum absolute atomic E-state index is 12.0. The number of hydrogen-bond donors (Lipinski definition) is 1. The highest BCUT2D eigenvalue weighted by Crippen LogP contribution is 2.27. The van der Waals surface area contributed by atoms with E-state index in [2.05, 4.69) is 0 Å². The van der Waals surface area contributed by atoms with Gasteiger partial charge in [-0.15, -0.1) is 0 Å². The van der Waals surface area contributed by atoms with Crippen LogP contribution < -0.4 is 5.73 Å². The average molecular weight is 257 g/mol. The Kier molecular flexibility index (Phi) is 3.89. The quantitative estimate of drug-likeness (QED) is 0.873. The van der Waals surface area contributed by atoms with E-state index in [-0.39, 0.29) is 5.75 Å². The van der Waals surface area contributed by atoms with Crippen molar-refractivity contribution >= 4 is 9.84 Å². The molecule has 0 saturated heterocycles. The van der Waals surface area contributed by atoms with Crippen LogP contribution in [0.2, 0.25) is 0 Å². The first-order chi connectivity index (χ1) is 8.09. The Morgan fingerprint density at radius 2 is 1.88 bits per heavy atom. The van der Waals surface area contributed by atoms with E-state index >= 15 is 0 Å². The standard InChI is InChI=1S/C12H19NO3S/c13-7-11-5-6-12(16-11)9-17(14,15)8-10-3-1-2-4-10/h5-6,10H,1-4,7-9,13H2. The Balaban J connectivity index is 1.96. The van der Waals surface area contributed by atoms with Gasteiger partial charge in [0.25, 0.3) is 0 Å². The maximum atomic E-state index is 12.0. The van der Waals surface area contributed by atoms with Gasteiger partial charge in [-0.1, -0.05) is 12.8 Å². The normalized spacial score (nSPS) is 17.7. The van der Waals surface area contributed by atoms with Crippen molar-refractivity contribution in [1.29, 1.82) is 0 Å². The lowest BCUT2D eigenvalue weighted by molar-refractivity contribution is 0.476. The minimum atomic E-state index is -3.05. The fourth-order valence-electron chi connectivity index (χ4n) is 2.42. The molecule has 2 rings (SSSR count). The lowest BCUT2D eigenvalue weighted by Crippen LogP contribution is -2.15. The molecule has 1 heterocycles. The minimum absolute atomic E-state index is 0.00347. The Morgan fingerprint density at radius 1 is 1.24 bits per heavy atom. The molecule has 1 aliphatic rings. The van der Waals surface area contributed by atoms with Crippen LogP contribution in [0.5, 0.6) is 0 Å². The van der Waals surface area contributed by atoms with E-state index in [1.54, 1.807) is 12.1 Å². The van der Waals surface area contributed by atoms with Crippen LogP contribution in [0.1, 0.15) is 37.2 Å². The van der Waals surface area contributed by atoms with Crippen LogP contribution in [-0.2, 0) is 22.1 Å². The van der Waals surface area contributed by atoms with Crippen LogP contribution in [-0.4, -0.2) is 14.2 Å². The number of nitrogens with two attached hydrogens (primary N) is 1. The molecule has 0 aliphatic heterocycles. The van der Waals surface area contributed by atoms with Crippen LogP contribution in [0.25, 0.3) is 0 Å². The van der Waals surface area contributed by atoms with Gasteiger partial charge in [-0.05, 0) is 30.9 Å². The van der Waals surface area contributed by atoms with Crippen molar-refractivity contribution in [3.8, 4) is 0 Å². The molecule has 0 spiro atoms. The predicted molar refractivity (Wildman–Crippen MR) is 66.0 cm³/mol. The molecule has 1 fully saturated rings. The van der Waals surface area contributed by atoms with Gasteiger partial charge in [0.2, 0.25) is 0 Å². The molecular weight excluding hydrogens is 238 g/mol. The van der Waals surface area contributed by atoms with Crippen LogP contribution in [0, 0.1) is 5.92 Å². The first kappa shape index (κ1) is 12.6. The molecule has 0 aromatic carbocycles. The number of furan rings is 1. The topological polar surface area (TPSA) is 73.3 Å². The van der Waals surface area contributed by atoms with Crippen LogP contribution in [0.4, 0.5) is 0 Å². The SMILES string of the molecule is NCc1ccc(CS(=O)(=O)CC2CCCC2)o1. The third-order valence-electron chi connectivity index (χ3n) is 3.25. The van der Waals surface area contributed by atoms with Gasteiger partial charge in [0.15, 0.2) is 9.84 Å². The smallest absolute Gasteiger partial charge is 0.157 e.